The Morgan fingerprint density at radius 1 is 0.412 bits per heavy atom. The van der Waals surface area contributed by atoms with Crippen LogP contribution in [0.4, 0.5) is 30.6 Å². The molecular formula is C84H76F3N17O9S. The zero-order valence-electron chi connectivity index (χ0n) is 61.7. The molecule has 0 atom stereocenters. The molecule has 6 aromatic carbocycles. The summed E-state index contributed by atoms with van der Waals surface area (Å²) in [5.41, 5.74) is 26.1. The molecular weight excluding hydrogens is 1480 g/mol. The van der Waals surface area contributed by atoms with Crippen molar-refractivity contribution in [2.24, 2.45) is 0 Å². The Hall–Kier alpha value is -13.2. The number of anilines is 3. The molecule has 6 N–H and O–H groups in total. The standard InChI is InChI=1S/2C28H25FN6O3.C28H26FN5O3S/c29-20-12-23(37-16-18-2-1-9-31-15-18)14-24(13-20)38-22-5-3-19(4-6-22)26-25-27(30)32-17-33-28(25)35(34-26)21-7-10-36-11-8-21;29-19-13-23(37-16-20-3-1-2-10-31-20)15-24(14-19)38-22-6-4-18(5-7-22)26-25-27(30)32-17-33-28(25)35(34-26)21-8-11-36-12-9-21;1-17-5-7-22(38-17)15-36-19-3-2-4-20(13-19)37-21-6-8-23(24(29)14-21)26-25-27(30)31-16-32-28(25)34(33-26)18-9-11-35-12-10-18/h1-6,9,12-15,17,21H,7-8,10-11,16H2,(H2,30,32,33);1-7,10,13-15,17,21H,8-9,11-12,16H2,(H2,30,32,33);2-8,13-14,16,18H,9-12,15H2,1H3,(H2,30,31,32). The third-order valence-electron chi connectivity index (χ3n) is 19.2. The highest BCUT2D eigenvalue weighted by molar-refractivity contribution is 7.11. The van der Waals surface area contributed by atoms with Gasteiger partial charge in [-0.1, -0.05) is 18.2 Å². The maximum Gasteiger partial charge on any atom is 0.164 e. The van der Waals surface area contributed by atoms with Crippen molar-refractivity contribution in [3.05, 3.63) is 246 Å². The van der Waals surface area contributed by atoms with E-state index in [1.807, 2.05) is 80.8 Å². The minimum absolute atomic E-state index is 0.0957. The molecule has 0 spiro atoms. The number of halogens is 3. The van der Waals surface area contributed by atoms with Crippen molar-refractivity contribution in [1.29, 1.82) is 0 Å². The third kappa shape index (κ3) is 17.6. The molecule has 30 heteroatoms. The van der Waals surface area contributed by atoms with Crippen molar-refractivity contribution in [2.45, 2.75) is 83.4 Å². The summed E-state index contributed by atoms with van der Waals surface area (Å²) in [6, 6.07) is 49.1. The predicted molar refractivity (Wildman–Crippen MR) is 423 cm³/mol. The Labute approximate surface area is 655 Å². The van der Waals surface area contributed by atoms with Crippen LogP contribution in [0.3, 0.4) is 0 Å². The fourth-order valence-corrected chi connectivity index (χ4v) is 14.5. The Bertz CT molecular complexity index is 5590. The van der Waals surface area contributed by atoms with Gasteiger partial charge >= 0.3 is 0 Å². The quantitative estimate of drug-likeness (QED) is 0.0602. The summed E-state index contributed by atoms with van der Waals surface area (Å²) < 4.78 is 101. The largest absolute Gasteiger partial charge is 0.489 e. The smallest absolute Gasteiger partial charge is 0.164 e. The van der Waals surface area contributed by atoms with Gasteiger partial charge < -0.3 is 59.8 Å². The van der Waals surface area contributed by atoms with Crippen LogP contribution in [0.2, 0.25) is 0 Å². The van der Waals surface area contributed by atoms with Crippen molar-refractivity contribution in [2.75, 3.05) is 56.8 Å². The highest BCUT2D eigenvalue weighted by Gasteiger charge is 2.29. The molecule has 0 unspecified atom stereocenters. The Morgan fingerprint density at radius 2 is 0.877 bits per heavy atom. The molecule has 3 aliphatic heterocycles. The molecule has 3 fully saturated rings. The Balaban J connectivity index is 0.000000129. The summed E-state index contributed by atoms with van der Waals surface area (Å²) in [5.74, 6) is 3.62. The van der Waals surface area contributed by atoms with Crippen LogP contribution in [0.15, 0.2) is 207 Å². The summed E-state index contributed by atoms with van der Waals surface area (Å²) in [6.07, 6.45) is 14.4. The first-order valence-corrected chi connectivity index (χ1v) is 37.8. The van der Waals surface area contributed by atoms with E-state index < -0.39 is 17.5 Å². The van der Waals surface area contributed by atoms with Crippen LogP contribution >= 0.6 is 11.3 Å². The summed E-state index contributed by atoms with van der Waals surface area (Å²) in [4.78, 5) is 36.5. The van der Waals surface area contributed by atoms with E-state index in [9.17, 15) is 8.78 Å². The van der Waals surface area contributed by atoms with E-state index in [1.54, 1.807) is 90.6 Å². The van der Waals surface area contributed by atoms with Gasteiger partial charge in [0, 0.05) is 139 Å². The van der Waals surface area contributed by atoms with Gasteiger partial charge in [-0.3, -0.25) is 9.97 Å². The minimum Gasteiger partial charge on any atom is -0.489 e. The Morgan fingerprint density at radius 3 is 1.37 bits per heavy atom. The number of nitrogen functional groups attached to an aromatic ring is 3. The van der Waals surface area contributed by atoms with Gasteiger partial charge in [0.2, 0.25) is 0 Å². The number of rotatable bonds is 21. The number of hydrogen-bond donors (Lipinski definition) is 3. The van der Waals surface area contributed by atoms with Crippen molar-refractivity contribution in [1.82, 2.24) is 69.2 Å². The fraction of sp³-hybridized carbons (Fsp3) is 0.226. The number of ether oxygens (including phenoxy) is 9. The van der Waals surface area contributed by atoms with Crippen LogP contribution < -0.4 is 45.6 Å². The maximum atomic E-state index is 15.5. The van der Waals surface area contributed by atoms with E-state index in [1.165, 1.54) is 54.2 Å². The number of nitrogens with two attached hydrogens (primary N) is 3. The normalized spacial score (nSPS) is 14.1. The zero-order valence-corrected chi connectivity index (χ0v) is 62.5. The number of pyridine rings is 2. The molecule has 3 aliphatic rings. The van der Waals surface area contributed by atoms with Crippen LogP contribution in [0, 0.1) is 24.4 Å². The van der Waals surface area contributed by atoms with Gasteiger partial charge in [-0.2, -0.15) is 15.3 Å². The lowest BCUT2D eigenvalue weighted by Crippen LogP contribution is -2.20. The highest BCUT2D eigenvalue weighted by Crippen LogP contribution is 2.41. The lowest BCUT2D eigenvalue weighted by Gasteiger charge is -2.22. The monoisotopic (exact) mass is 1560 g/mol. The summed E-state index contributed by atoms with van der Waals surface area (Å²) in [7, 11) is 0. The van der Waals surface area contributed by atoms with Gasteiger partial charge in [0.25, 0.3) is 0 Å². The topological polar surface area (TPSA) is 318 Å². The number of thiophene rings is 1. The molecule has 0 amide bonds. The van der Waals surface area contributed by atoms with Crippen molar-refractivity contribution in [3.8, 4) is 85.5 Å². The van der Waals surface area contributed by atoms with Gasteiger partial charge in [0.15, 0.2) is 16.9 Å². The van der Waals surface area contributed by atoms with Crippen molar-refractivity contribution >= 4 is 61.9 Å². The molecule has 18 rings (SSSR count). The molecule has 12 heterocycles. The third-order valence-corrected chi connectivity index (χ3v) is 20.2. The van der Waals surface area contributed by atoms with Gasteiger partial charge in [0.05, 0.1) is 40.0 Å². The minimum atomic E-state index is -0.482. The highest BCUT2D eigenvalue weighted by atomic mass is 32.1. The number of fused-ring (bicyclic) bond motifs is 3. The molecule has 114 heavy (non-hydrogen) atoms. The first-order chi connectivity index (χ1) is 55.8. The number of benzene rings is 6. The second-order valence-electron chi connectivity index (χ2n) is 27.1. The van der Waals surface area contributed by atoms with E-state index in [0.29, 0.717) is 165 Å². The van der Waals surface area contributed by atoms with E-state index in [4.69, 9.17) is 75.1 Å². The zero-order chi connectivity index (χ0) is 77.9. The van der Waals surface area contributed by atoms with Gasteiger partial charge in [-0.05, 0) is 149 Å². The molecule has 578 valence electrons. The molecule has 0 radical (unpaired) electrons. The molecule has 0 aliphatic carbocycles. The summed E-state index contributed by atoms with van der Waals surface area (Å²) >= 11 is 1.70. The molecule has 3 saturated heterocycles. The van der Waals surface area contributed by atoms with E-state index in [0.717, 1.165) is 65.8 Å². The SMILES string of the molecule is Cc1ccc(COc2cccc(Oc3ccc(-c4nn(C5CCOCC5)c5ncnc(N)c45)c(F)c3)c2)s1.Nc1ncnc2c1c(-c1ccc(Oc3cc(F)cc(OCc4ccccn4)c3)cc1)nn2C1CCOCC1.Nc1ncnc2c1c(-c1ccc(Oc3cc(F)cc(OCc4cccnc4)c3)cc1)nn2C1CCOCC1. The van der Waals surface area contributed by atoms with Crippen LogP contribution in [0.25, 0.3) is 66.9 Å². The first-order valence-electron chi connectivity index (χ1n) is 37.0. The molecule has 15 aromatic rings. The first kappa shape index (κ1) is 74.9. The summed E-state index contributed by atoms with van der Waals surface area (Å²) in [5, 5.41) is 16.5. The van der Waals surface area contributed by atoms with Crippen molar-refractivity contribution < 1.29 is 55.8 Å². The van der Waals surface area contributed by atoms with Gasteiger partial charge in [-0.15, -0.1) is 11.3 Å². The van der Waals surface area contributed by atoms with E-state index in [2.05, 4.69) is 58.9 Å². The fourth-order valence-electron chi connectivity index (χ4n) is 13.6. The number of aryl methyl sites for hydroxylation is 1. The molecule has 26 nitrogen and oxygen atoms in total. The van der Waals surface area contributed by atoms with Crippen LogP contribution in [-0.4, -0.2) is 109 Å². The number of hydrogen-bond acceptors (Lipinski definition) is 24. The predicted octanol–water partition coefficient (Wildman–Crippen LogP) is 17.0. The molecule has 0 bridgehead atoms. The molecule has 9 aromatic heterocycles. The van der Waals surface area contributed by atoms with Crippen molar-refractivity contribution in [3.63, 3.8) is 0 Å². The average molecular weight is 1560 g/mol. The number of aromatic nitrogens is 14. The average Bonchev–Trinajstić information content (AvgIpc) is 1.62. The van der Waals surface area contributed by atoms with Gasteiger partial charge in [0.1, 0.15) is 143 Å². The van der Waals surface area contributed by atoms with Crippen LogP contribution in [0.5, 0.6) is 51.7 Å². The van der Waals surface area contributed by atoms with E-state index in [-0.39, 0.29) is 37.2 Å². The van der Waals surface area contributed by atoms with E-state index >= 15 is 4.39 Å². The second kappa shape index (κ2) is 34.6. The van der Waals surface area contributed by atoms with Gasteiger partial charge in [-0.25, -0.2) is 57.1 Å². The lowest BCUT2D eigenvalue weighted by molar-refractivity contribution is 0.0673. The lowest BCUT2D eigenvalue weighted by atomic mass is 10.1. The second-order valence-corrected chi connectivity index (χ2v) is 28.4. The Kier molecular flexibility index (Phi) is 22.8. The van der Waals surface area contributed by atoms with Crippen LogP contribution in [0.1, 0.15) is 77.7 Å². The molecule has 0 saturated carbocycles. The van der Waals surface area contributed by atoms with Crippen LogP contribution in [-0.2, 0) is 34.0 Å². The summed E-state index contributed by atoms with van der Waals surface area (Å²) in [6.45, 7) is 7.06. The maximum absolute atomic E-state index is 15.5. The number of nitrogens with zero attached hydrogens (tertiary/aromatic N) is 14.